The largest absolute Gasteiger partial charge is 0.352 e. The van der Waals surface area contributed by atoms with Crippen molar-refractivity contribution >= 4 is 17.6 Å². The fourth-order valence-electron chi connectivity index (χ4n) is 3.10. The Morgan fingerprint density at radius 3 is 2.22 bits per heavy atom. The molecule has 4 N–H and O–H groups in total. The molecule has 2 aromatic rings. The molecule has 144 valence electrons. The van der Waals surface area contributed by atoms with Gasteiger partial charge >= 0.3 is 6.03 Å². The number of rotatable bonds is 5. The summed E-state index contributed by atoms with van der Waals surface area (Å²) in [6, 6.07) is 10.5. The fraction of sp³-hybridized carbons (Fsp3) is 0.364. The molecule has 3 amide bonds. The van der Waals surface area contributed by atoms with Crippen LogP contribution in [0.15, 0.2) is 36.4 Å². The van der Waals surface area contributed by atoms with Crippen LogP contribution in [0, 0.1) is 13.8 Å². The second-order valence-corrected chi connectivity index (χ2v) is 7.91. The van der Waals surface area contributed by atoms with Crippen molar-refractivity contribution in [2.24, 2.45) is 5.73 Å². The summed E-state index contributed by atoms with van der Waals surface area (Å²) in [6.07, 6.45) is 0.771. The highest BCUT2D eigenvalue weighted by Gasteiger charge is 2.16. The maximum atomic E-state index is 12.4. The second kappa shape index (κ2) is 8.25. The molecular weight excluding hydrogens is 338 g/mol. The van der Waals surface area contributed by atoms with E-state index in [1.165, 1.54) is 22.3 Å². The van der Waals surface area contributed by atoms with Crippen molar-refractivity contribution < 1.29 is 9.59 Å². The summed E-state index contributed by atoms with van der Waals surface area (Å²) < 4.78 is 0. The number of hydrogen-bond acceptors (Lipinski definition) is 2. The average Bonchev–Trinajstić information content (AvgIpc) is 2.55. The van der Waals surface area contributed by atoms with E-state index < -0.39 is 6.03 Å². The number of benzene rings is 2. The second-order valence-electron chi connectivity index (χ2n) is 7.91. The van der Waals surface area contributed by atoms with Crippen LogP contribution < -0.4 is 16.4 Å². The lowest BCUT2D eigenvalue weighted by molar-refractivity contribution is 0.0954. The molecule has 2 aromatic carbocycles. The van der Waals surface area contributed by atoms with Gasteiger partial charge in [-0.3, -0.25) is 4.79 Å². The van der Waals surface area contributed by atoms with Gasteiger partial charge in [0.05, 0.1) is 0 Å². The van der Waals surface area contributed by atoms with Crippen LogP contribution in [0.3, 0.4) is 0 Å². The number of nitrogens with two attached hydrogens (primary N) is 1. The number of carbonyl (C=O) groups excluding carboxylic acids is 2. The zero-order valence-electron chi connectivity index (χ0n) is 16.8. The predicted octanol–water partition coefficient (Wildman–Crippen LogP) is 4.06. The molecule has 0 bridgehead atoms. The van der Waals surface area contributed by atoms with Crippen molar-refractivity contribution in [2.75, 3.05) is 11.9 Å². The van der Waals surface area contributed by atoms with Gasteiger partial charge < -0.3 is 16.4 Å². The minimum Gasteiger partial charge on any atom is -0.352 e. The molecule has 0 heterocycles. The van der Waals surface area contributed by atoms with E-state index in [1.54, 1.807) is 24.3 Å². The van der Waals surface area contributed by atoms with Crippen molar-refractivity contribution in [3.8, 4) is 0 Å². The van der Waals surface area contributed by atoms with Gasteiger partial charge in [-0.05, 0) is 66.1 Å². The summed E-state index contributed by atoms with van der Waals surface area (Å²) in [5, 5.41) is 5.42. The van der Waals surface area contributed by atoms with Gasteiger partial charge in [0.1, 0.15) is 0 Å². The first-order valence-electron chi connectivity index (χ1n) is 9.13. The summed E-state index contributed by atoms with van der Waals surface area (Å²) >= 11 is 0. The standard InChI is InChI=1S/C22H29N3O2/c1-14-11-17(22(3,4)5)12-15(2)19(14)9-10-24-20(26)16-7-6-8-18(13-16)25-21(23)27/h6-8,11-13H,9-10H2,1-5H3,(H,24,26)(H3,23,25,27). The molecule has 0 fully saturated rings. The lowest BCUT2D eigenvalue weighted by Crippen LogP contribution is -2.26. The monoisotopic (exact) mass is 367 g/mol. The molecule has 0 aliphatic carbocycles. The van der Waals surface area contributed by atoms with E-state index in [4.69, 9.17) is 5.73 Å². The van der Waals surface area contributed by atoms with Crippen LogP contribution >= 0.6 is 0 Å². The summed E-state index contributed by atoms with van der Waals surface area (Å²) in [6.45, 7) is 11.4. The molecule has 5 nitrogen and oxygen atoms in total. The number of hydrogen-bond donors (Lipinski definition) is 3. The van der Waals surface area contributed by atoms with Crippen molar-refractivity contribution in [1.29, 1.82) is 0 Å². The highest BCUT2D eigenvalue weighted by molar-refractivity contribution is 5.96. The predicted molar refractivity (Wildman–Crippen MR) is 110 cm³/mol. The Morgan fingerprint density at radius 2 is 1.67 bits per heavy atom. The van der Waals surface area contributed by atoms with Crippen LogP contribution in [0.1, 0.15) is 53.4 Å². The van der Waals surface area contributed by atoms with Crippen LogP contribution in [0.2, 0.25) is 0 Å². The fourth-order valence-corrected chi connectivity index (χ4v) is 3.10. The van der Waals surface area contributed by atoms with Crippen molar-refractivity contribution in [3.63, 3.8) is 0 Å². The van der Waals surface area contributed by atoms with Gasteiger partial charge in [-0.15, -0.1) is 0 Å². The first-order chi connectivity index (χ1) is 12.6. The number of urea groups is 1. The maximum absolute atomic E-state index is 12.4. The molecule has 0 saturated heterocycles. The van der Waals surface area contributed by atoms with E-state index in [9.17, 15) is 9.59 Å². The molecule has 0 aliphatic heterocycles. The molecule has 0 aliphatic rings. The highest BCUT2D eigenvalue weighted by Crippen LogP contribution is 2.27. The molecule has 0 radical (unpaired) electrons. The minimum atomic E-state index is -0.655. The van der Waals surface area contributed by atoms with E-state index in [-0.39, 0.29) is 11.3 Å². The Hall–Kier alpha value is -2.82. The van der Waals surface area contributed by atoms with Crippen LogP contribution in [0.25, 0.3) is 0 Å². The quantitative estimate of drug-likeness (QED) is 0.744. The number of amides is 3. The number of carbonyl (C=O) groups is 2. The molecular formula is C22H29N3O2. The summed E-state index contributed by atoms with van der Waals surface area (Å²) in [5.74, 6) is -0.176. The van der Waals surface area contributed by atoms with E-state index >= 15 is 0 Å². The third-order valence-corrected chi connectivity index (χ3v) is 4.61. The molecule has 0 aromatic heterocycles. The molecule has 0 saturated carbocycles. The van der Waals surface area contributed by atoms with Crippen LogP contribution in [0.5, 0.6) is 0 Å². The summed E-state index contributed by atoms with van der Waals surface area (Å²) in [4.78, 5) is 23.3. The van der Waals surface area contributed by atoms with Gasteiger partial charge in [0, 0.05) is 17.8 Å². The molecule has 5 heteroatoms. The van der Waals surface area contributed by atoms with Crippen molar-refractivity contribution in [2.45, 2.75) is 46.5 Å². The highest BCUT2D eigenvalue weighted by atomic mass is 16.2. The normalized spacial score (nSPS) is 11.1. The van der Waals surface area contributed by atoms with E-state index in [0.717, 1.165) is 6.42 Å². The number of nitrogens with one attached hydrogen (secondary N) is 2. The van der Waals surface area contributed by atoms with Gasteiger partial charge in [-0.25, -0.2) is 4.79 Å². The molecule has 2 rings (SSSR count). The van der Waals surface area contributed by atoms with E-state index in [1.807, 2.05) is 0 Å². The first-order valence-corrected chi connectivity index (χ1v) is 9.13. The SMILES string of the molecule is Cc1cc(C(C)(C)C)cc(C)c1CCNC(=O)c1cccc(NC(N)=O)c1. The minimum absolute atomic E-state index is 0.117. The zero-order chi connectivity index (χ0) is 20.2. The summed E-state index contributed by atoms with van der Waals surface area (Å²) in [5.41, 5.74) is 11.3. The maximum Gasteiger partial charge on any atom is 0.316 e. The van der Waals surface area contributed by atoms with Gasteiger partial charge in [-0.2, -0.15) is 0 Å². The Balaban J connectivity index is 2.02. The van der Waals surface area contributed by atoms with Crippen LogP contribution in [-0.2, 0) is 11.8 Å². The van der Waals surface area contributed by atoms with E-state index in [2.05, 4.69) is 57.4 Å². The van der Waals surface area contributed by atoms with Gasteiger partial charge in [0.15, 0.2) is 0 Å². The van der Waals surface area contributed by atoms with Gasteiger partial charge in [0.2, 0.25) is 0 Å². The average molecular weight is 367 g/mol. The topological polar surface area (TPSA) is 84.2 Å². The van der Waals surface area contributed by atoms with Crippen LogP contribution in [0.4, 0.5) is 10.5 Å². The third kappa shape index (κ3) is 5.58. The molecule has 0 atom stereocenters. The Labute approximate surface area is 161 Å². The molecule has 27 heavy (non-hydrogen) atoms. The van der Waals surface area contributed by atoms with Crippen molar-refractivity contribution in [1.82, 2.24) is 5.32 Å². The Morgan fingerprint density at radius 1 is 1.04 bits per heavy atom. The zero-order valence-corrected chi connectivity index (χ0v) is 16.8. The molecule has 0 unspecified atom stereocenters. The molecule has 0 spiro atoms. The smallest absolute Gasteiger partial charge is 0.316 e. The van der Waals surface area contributed by atoms with Gasteiger partial charge in [-0.1, -0.05) is 39.0 Å². The van der Waals surface area contributed by atoms with E-state index in [0.29, 0.717) is 17.8 Å². The Bertz CT molecular complexity index is 828. The lowest BCUT2D eigenvalue weighted by atomic mass is 9.83. The summed E-state index contributed by atoms with van der Waals surface area (Å²) in [7, 11) is 0. The first kappa shape index (κ1) is 20.5. The lowest BCUT2D eigenvalue weighted by Gasteiger charge is -2.22. The number of anilines is 1. The number of primary amides is 1. The van der Waals surface area contributed by atoms with Gasteiger partial charge in [0.25, 0.3) is 5.91 Å². The van der Waals surface area contributed by atoms with Crippen molar-refractivity contribution in [3.05, 3.63) is 64.2 Å². The third-order valence-electron chi connectivity index (χ3n) is 4.61. The number of aryl methyl sites for hydroxylation is 2. The Kier molecular flexibility index (Phi) is 6.26. The van der Waals surface area contributed by atoms with Crippen LogP contribution in [-0.4, -0.2) is 18.5 Å².